The lowest BCUT2D eigenvalue weighted by Crippen LogP contribution is -2.40. The van der Waals surface area contributed by atoms with E-state index in [4.69, 9.17) is 14.2 Å². The molecule has 1 saturated heterocycles. The normalized spacial score (nSPS) is 16.5. The standard InChI is InChI=1S/C20H34N2O4S/c1-16(2)25-9-6-21-13-17-4-5-19(20(12-17)24-3)26-15-18(23)14-22-7-10-27-11-8-22/h4-5,12,16,18,21,23H,6-11,13-15H2,1-3H3/t18-/m1/s1. The number of rotatable bonds is 12. The van der Waals surface area contributed by atoms with Gasteiger partial charge in [-0.25, -0.2) is 0 Å². The molecule has 1 heterocycles. The number of aliphatic hydroxyl groups excluding tert-OH is 1. The molecule has 1 atom stereocenters. The second-order valence-electron chi connectivity index (χ2n) is 6.96. The van der Waals surface area contributed by atoms with Gasteiger partial charge in [-0.05, 0) is 31.5 Å². The molecule has 1 aliphatic heterocycles. The average molecular weight is 399 g/mol. The van der Waals surface area contributed by atoms with E-state index in [1.165, 1.54) is 0 Å². The van der Waals surface area contributed by atoms with E-state index in [0.717, 1.165) is 43.2 Å². The highest BCUT2D eigenvalue weighted by atomic mass is 32.2. The molecule has 0 amide bonds. The zero-order valence-corrected chi connectivity index (χ0v) is 17.6. The fourth-order valence-electron chi connectivity index (χ4n) is 2.86. The van der Waals surface area contributed by atoms with Gasteiger partial charge in [-0.2, -0.15) is 11.8 Å². The van der Waals surface area contributed by atoms with Gasteiger partial charge in [-0.1, -0.05) is 6.07 Å². The summed E-state index contributed by atoms with van der Waals surface area (Å²) in [5, 5.41) is 13.6. The van der Waals surface area contributed by atoms with Crippen molar-refractivity contribution in [1.29, 1.82) is 0 Å². The van der Waals surface area contributed by atoms with E-state index in [9.17, 15) is 5.11 Å². The van der Waals surface area contributed by atoms with Crippen molar-refractivity contribution < 1.29 is 19.3 Å². The molecule has 0 saturated carbocycles. The number of benzene rings is 1. The summed E-state index contributed by atoms with van der Waals surface area (Å²) < 4.78 is 16.8. The highest BCUT2D eigenvalue weighted by molar-refractivity contribution is 7.99. The minimum absolute atomic E-state index is 0.257. The number of methoxy groups -OCH3 is 1. The van der Waals surface area contributed by atoms with Gasteiger partial charge in [0, 0.05) is 44.2 Å². The molecule has 0 unspecified atom stereocenters. The van der Waals surface area contributed by atoms with Crippen LogP contribution in [-0.2, 0) is 11.3 Å². The van der Waals surface area contributed by atoms with Gasteiger partial charge in [0.05, 0.1) is 19.8 Å². The predicted molar refractivity (Wildman–Crippen MR) is 111 cm³/mol. The highest BCUT2D eigenvalue weighted by Gasteiger charge is 2.16. The second-order valence-corrected chi connectivity index (χ2v) is 8.18. The number of nitrogens with zero attached hydrogens (tertiary/aromatic N) is 1. The van der Waals surface area contributed by atoms with Crippen LogP contribution >= 0.6 is 11.8 Å². The average Bonchev–Trinajstić information content (AvgIpc) is 2.67. The van der Waals surface area contributed by atoms with E-state index < -0.39 is 6.10 Å². The van der Waals surface area contributed by atoms with Gasteiger partial charge in [0.1, 0.15) is 12.7 Å². The Balaban J connectivity index is 1.75. The summed E-state index contributed by atoms with van der Waals surface area (Å²) >= 11 is 1.97. The Kier molecular flexibility index (Phi) is 10.3. The van der Waals surface area contributed by atoms with Crippen molar-refractivity contribution in [2.24, 2.45) is 0 Å². The molecule has 1 aliphatic rings. The van der Waals surface area contributed by atoms with E-state index in [2.05, 4.69) is 10.2 Å². The van der Waals surface area contributed by atoms with Crippen LogP contribution in [0.3, 0.4) is 0 Å². The van der Waals surface area contributed by atoms with E-state index in [0.29, 0.717) is 24.7 Å². The van der Waals surface area contributed by atoms with Crippen molar-refractivity contribution >= 4 is 11.8 Å². The van der Waals surface area contributed by atoms with Crippen molar-refractivity contribution in [1.82, 2.24) is 10.2 Å². The van der Waals surface area contributed by atoms with E-state index in [1.54, 1.807) is 7.11 Å². The third kappa shape index (κ3) is 8.70. The van der Waals surface area contributed by atoms with E-state index in [1.807, 2.05) is 43.8 Å². The first-order valence-corrected chi connectivity index (χ1v) is 10.8. The smallest absolute Gasteiger partial charge is 0.161 e. The van der Waals surface area contributed by atoms with Crippen LogP contribution in [0, 0.1) is 0 Å². The van der Waals surface area contributed by atoms with Crippen LogP contribution in [0.2, 0.25) is 0 Å². The molecule has 1 fully saturated rings. The largest absolute Gasteiger partial charge is 0.493 e. The second kappa shape index (κ2) is 12.5. The van der Waals surface area contributed by atoms with E-state index in [-0.39, 0.29) is 12.7 Å². The summed E-state index contributed by atoms with van der Waals surface area (Å²) in [7, 11) is 1.64. The molecule has 1 aromatic rings. The van der Waals surface area contributed by atoms with Crippen molar-refractivity contribution in [2.45, 2.75) is 32.6 Å². The molecule has 1 aromatic carbocycles. The van der Waals surface area contributed by atoms with E-state index >= 15 is 0 Å². The van der Waals surface area contributed by atoms with Crippen molar-refractivity contribution in [2.75, 3.05) is 58.0 Å². The molecule has 0 radical (unpaired) electrons. The van der Waals surface area contributed by atoms with Gasteiger partial charge in [-0.3, -0.25) is 4.90 Å². The van der Waals surface area contributed by atoms with Crippen LogP contribution < -0.4 is 14.8 Å². The van der Waals surface area contributed by atoms with Crippen LogP contribution in [0.4, 0.5) is 0 Å². The minimum Gasteiger partial charge on any atom is -0.493 e. The van der Waals surface area contributed by atoms with Gasteiger partial charge < -0.3 is 24.6 Å². The van der Waals surface area contributed by atoms with Crippen molar-refractivity contribution in [3.8, 4) is 11.5 Å². The Morgan fingerprint density at radius 1 is 1.22 bits per heavy atom. The summed E-state index contributed by atoms with van der Waals surface area (Å²) in [6.07, 6.45) is -0.243. The topological polar surface area (TPSA) is 63.2 Å². The summed E-state index contributed by atoms with van der Waals surface area (Å²) in [4.78, 5) is 2.29. The number of nitrogens with one attached hydrogen (secondary N) is 1. The van der Waals surface area contributed by atoms with Crippen LogP contribution in [0.15, 0.2) is 18.2 Å². The van der Waals surface area contributed by atoms with Crippen LogP contribution in [0.1, 0.15) is 19.4 Å². The first kappa shape index (κ1) is 22.3. The molecule has 0 bridgehead atoms. The Morgan fingerprint density at radius 3 is 2.70 bits per heavy atom. The lowest BCUT2D eigenvalue weighted by atomic mass is 10.2. The Morgan fingerprint density at radius 2 is 2.00 bits per heavy atom. The maximum Gasteiger partial charge on any atom is 0.161 e. The lowest BCUT2D eigenvalue weighted by Gasteiger charge is -2.28. The zero-order valence-electron chi connectivity index (χ0n) is 16.8. The predicted octanol–water partition coefficient (Wildman–Crippen LogP) is 2.00. The van der Waals surface area contributed by atoms with Crippen molar-refractivity contribution in [3.05, 3.63) is 23.8 Å². The molecule has 154 valence electrons. The number of ether oxygens (including phenoxy) is 3. The zero-order chi connectivity index (χ0) is 19.5. The first-order chi connectivity index (χ1) is 13.1. The quantitative estimate of drug-likeness (QED) is 0.522. The number of hydrogen-bond acceptors (Lipinski definition) is 7. The maximum absolute atomic E-state index is 10.3. The third-order valence-electron chi connectivity index (χ3n) is 4.29. The molecular formula is C20H34N2O4S. The van der Waals surface area contributed by atoms with Crippen LogP contribution in [0.5, 0.6) is 11.5 Å². The number of hydrogen-bond donors (Lipinski definition) is 2. The summed E-state index contributed by atoms with van der Waals surface area (Å²) in [6, 6.07) is 5.90. The monoisotopic (exact) mass is 398 g/mol. The molecule has 27 heavy (non-hydrogen) atoms. The lowest BCUT2D eigenvalue weighted by molar-refractivity contribution is 0.0705. The highest BCUT2D eigenvalue weighted by Crippen LogP contribution is 2.28. The van der Waals surface area contributed by atoms with Gasteiger partial charge in [0.15, 0.2) is 11.5 Å². The summed E-state index contributed by atoms with van der Waals surface area (Å²) in [5.74, 6) is 3.63. The summed E-state index contributed by atoms with van der Waals surface area (Å²) in [5.41, 5.74) is 1.12. The van der Waals surface area contributed by atoms with Gasteiger partial charge in [-0.15, -0.1) is 0 Å². The fourth-order valence-corrected chi connectivity index (χ4v) is 3.84. The molecular weight excluding hydrogens is 364 g/mol. The summed E-state index contributed by atoms with van der Waals surface area (Å²) in [6.45, 7) is 9.31. The maximum atomic E-state index is 10.3. The fraction of sp³-hybridized carbons (Fsp3) is 0.700. The molecule has 0 aliphatic carbocycles. The molecule has 7 heteroatoms. The van der Waals surface area contributed by atoms with Crippen molar-refractivity contribution in [3.63, 3.8) is 0 Å². The number of thioether (sulfide) groups is 1. The molecule has 6 nitrogen and oxygen atoms in total. The SMILES string of the molecule is COc1cc(CNCCOC(C)C)ccc1OC[C@H](O)CN1CCSCC1. The van der Waals surface area contributed by atoms with Gasteiger partial charge in [0.2, 0.25) is 0 Å². The first-order valence-electron chi connectivity index (χ1n) is 9.68. The Labute approximate surface area is 167 Å². The molecule has 2 rings (SSSR count). The van der Waals surface area contributed by atoms with Gasteiger partial charge in [0.25, 0.3) is 0 Å². The van der Waals surface area contributed by atoms with Crippen LogP contribution in [-0.4, -0.2) is 80.2 Å². The molecule has 0 aromatic heterocycles. The third-order valence-corrected chi connectivity index (χ3v) is 5.23. The number of aliphatic hydroxyl groups is 1. The molecule has 2 N–H and O–H groups in total. The Hall–Kier alpha value is -0.990. The Bertz CT molecular complexity index is 539. The van der Waals surface area contributed by atoms with Crippen LogP contribution in [0.25, 0.3) is 0 Å². The number of β-amino-alcohol motifs (C(OH)–C–C–N with tert-alkyl or cyclic N) is 1. The molecule has 0 spiro atoms. The minimum atomic E-state index is -0.500. The van der Waals surface area contributed by atoms with Gasteiger partial charge >= 0.3 is 0 Å².